The summed E-state index contributed by atoms with van der Waals surface area (Å²) in [5.74, 6) is 1.62. The molecule has 0 aromatic rings. The number of unbranched alkanes of at least 4 members (excludes halogenated alkanes) is 2. The molecule has 0 amide bonds. The predicted octanol–water partition coefficient (Wildman–Crippen LogP) is 3.71. The summed E-state index contributed by atoms with van der Waals surface area (Å²) >= 11 is 0. The van der Waals surface area contributed by atoms with Gasteiger partial charge in [-0.05, 0) is 49.4 Å². The van der Waals surface area contributed by atoms with Crippen molar-refractivity contribution < 1.29 is 4.79 Å². The van der Waals surface area contributed by atoms with Crippen LogP contribution in [0.3, 0.4) is 0 Å². The van der Waals surface area contributed by atoms with Crippen molar-refractivity contribution in [1.82, 2.24) is 0 Å². The minimum atomic E-state index is 0.556. The zero-order valence-corrected chi connectivity index (χ0v) is 10.4. The number of aliphatic imine (C=N–C) groups is 1. The highest BCUT2D eigenvalue weighted by atomic mass is 16.1. The topological polar surface area (TPSA) is 29.4 Å². The Bertz CT molecular complexity index is 282. The van der Waals surface area contributed by atoms with E-state index < -0.39 is 0 Å². The van der Waals surface area contributed by atoms with Crippen molar-refractivity contribution in [2.45, 2.75) is 58.3 Å². The number of carbonyl (C=O) groups excluding carboxylic acids is 1. The summed E-state index contributed by atoms with van der Waals surface area (Å²) in [5.41, 5.74) is 0.556. The molecule has 2 aliphatic carbocycles. The van der Waals surface area contributed by atoms with E-state index in [2.05, 4.69) is 11.9 Å². The Hall–Kier alpha value is -0.620. The van der Waals surface area contributed by atoms with Crippen molar-refractivity contribution in [3.05, 3.63) is 0 Å². The standard InChI is InChI=1S/C14H23NO/c1-2-3-4-6-14-7-5-12(9-14)8-13(14)10-15-11-16/h12-13H,2-10H2,1H3. The first-order valence-corrected chi connectivity index (χ1v) is 6.84. The molecule has 90 valence electrons. The van der Waals surface area contributed by atoms with E-state index >= 15 is 0 Å². The van der Waals surface area contributed by atoms with Crippen molar-refractivity contribution in [3.8, 4) is 0 Å². The SMILES string of the molecule is CCCCCC12CCC(CC1CN=C=O)C2. The van der Waals surface area contributed by atoms with Gasteiger partial charge >= 0.3 is 0 Å². The minimum absolute atomic E-state index is 0.556. The number of nitrogens with zero attached hydrogens (tertiary/aromatic N) is 1. The molecule has 3 atom stereocenters. The largest absolute Gasteiger partial charge is 0.234 e. The van der Waals surface area contributed by atoms with Crippen LogP contribution < -0.4 is 0 Å². The molecule has 2 fully saturated rings. The summed E-state index contributed by atoms with van der Waals surface area (Å²) in [5, 5.41) is 0. The van der Waals surface area contributed by atoms with E-state index in [1.165, 1.54) is 51.4 Å². The summed E-state index contributed by atoms with van der Waals surface area (Å²) in [6.45, 7) is 3.00. The molecular formula is C14H23NO. The number of hydrogen-bond donors (Lipinski definition) is 0. The normalized spacial score (nSPS) is 36.3. The molecule has 2 aliphatic rings. The first-order chi connectivity index (χ1) is 7.80. The lowest BCUT2D eigenvalue weighted by Gasteiger charge is -2.34. The average Bonchev–Trinajstić information content (AvgIpc) is 2.84. The third kappa shape index (κ3) is 2.22. The number of fused-ring (bicyclic) bond motifs is 2. The lowest BCUT2D eigenvalue weighted by Crippen LogP contribution is -2.27. The van der Waals surface area contributed by atoms with Crippen LogP contribution in [-0.4, -0.2) is 12.6 Å². The Morgan fingerprint density at radius 2 is 2.31 bits per heavy atom. The van der Waals surface area contributed by atoms with E-state index in [4.69, 9.17) is 0 Å². The number of rotatable bonds is 6. The van der Waals surface area contributed by atoms with Gasteiger partial charge < -0.3 is 0 Å². The van der Waals surface area contributed by atoms with Crippen LogP contribution in [0.5, 0.6) is 0 Å². The summed E-state index contributed by atoms with van der Waals surface area (Å²) in [6.07, 6.45) is 12.7. The Labute approximate surface area is 98.5 Å². The van der Waals surface area contributed by atoms with Gasteiger partial charge in [-0.15, -0.1) is 0 Å². The number of hydrogen-bond acceptors (Lipinski definition) is 2. The van der Waals surface area contributed by atoms with Gasteiger partial charge in [-0.1, -0.05) is 26.2 Å². The van der Waals surface area contributed by atoms with E-state index in [0.717, 1.165) is 12.5 Å². The molecule has 2 bridgehead atoms. The Morgan fingerprint density at radius 3 is 3.00 bits per heavy atom. The minimum Gasteiger partial charge on any atom is -0.211 e. The average molecular weight is 221 g/mol. The third-order valence-corrected chi connectivity index (χ3v) is 4.88. The summed E-state index contributed by atoms with van der Waals surface area (Å²) in [4.78, 5) is 14.1. The smallest absolute Gasteiger partial charge is 0.211 e. The van der Waals surface area contributed by atoms with Crippen LogP contribution in [0.25, 0.3) is 0 Å². The van der Waals surface area contributed by atoms with Gasteiger partial charge in [0.05, 0.1) is 6.54 Å². The van der Waals surface area contributed by atoms with E-state index in [-0.39, 0.29) is 0 Å². The van der Waals surface area contributed by atoms with Gasteiger partial charge in [0, 0.05) is 0 Å². The highest BCUT2D eigenvalue weighted by Gasteiger charge is 2.50. The van der Waals surface area contributed by atoms with Gasteiger partial charge in [0.2, 0.25) is 6.08 Å². The molecule has 2 heteroatoms. The molecule has 0 N–H and O–H groups in total. The van der Waals surface area contributed by atoms with Gasteiger partial charge in [-0.2, -0.15) is 0 Å². The predicted molar refractivity (Wildman–Crippen MR) is 65.0 cm³/mol. The van der Waals surface area contributed by atoms with Gasteiger partial charge in [0.15, 0.2) is 0 Å². The van der Waals surface area contributed by atoms with Crippen molar-refractivity contribution >= 4 is 6.08 Å². The van der Waals surface area contributed by atoms with Gasteiger partial charge in [-0.25, -0.2) is 9.79 Å². The number of isocyanates is 1. The molecule has 16 heavy (non-hydrogen) atoms. The molecule has 0 aliphatic heterocycles. The fourth-order valence-corrected chi connectivity index (χ4v) is 4.07. The summed E-state index contributed by atoms with van der Waals surface area (Å²) in [6, 6.07) is 0. The van der Waals surface area contributed by atoms with E-state index in [1.54, 1.807) is 6.08 Å². The fourth-order valence-electron chi connectivity index (χ4n) is 4.07. The van der Waals surface area contributed by atoms with Crippen molar-refractivity contribution in [2.75, 3.05) is 6.54 Å². The lowest BCUT2D eigenvalue weighted by atomic mass is 9.71. The maximum Gasteiger partial charge on any atom is 0.234 e. The van der Waals surface area contributed by atoms with Crippen molar-refractivity contribution in [3.63, 3.8) is 0 Å². The van der Waals surface area contributed by atoms with Crippen LogP contribution in [0, 0.1) is 17.3 Å². The molecule has 0 radical (unpaired) electrons. The monoisotopic (exact) mass is 221 g/mol. The van der Waals surface area contributed by atoms with Gasteiger partial charge in [-0.3, -0.25) is 0 Å². The summed E-state index contributed by atoms with van der Waals surface area (Å²) in [7, 11) is 0. The molecule has 0 heterocycles. The van der Waals surface area contributed by atoms with Crippen molar-refractivity contribution in [2.24, 2.45) is 22.2 Å². The fraction of sp³-hybridized carbons (Fsp3) is 0.929. The van der Waals surface area contributed by atoms with E-state index in [1.807, 2.05) is 0 Å². The van der Waals surface area contributed by atoms with Crippen LogP contribution in [0.15, 0.2) is 4.99 Å². The first-order valence-electron chi connectivity index (χ1n) is 6.84. The van der Waals surface area contributed by atoms with Crippen LogP contribution in [0.1, 0.15) is 58.3 Å². The lowest BCUT2D eigenvalue weighted by molar-refractivity contribution is 0.169. The van der Waals surface area contributed by atoms with Crippen molar-refractivity contribution in [1.29, 1.82) is 0 Å². The molecule has 0 spiro atoms. The van der Waals surface area contributed by atoms with Gasteiger partial charge in [0.25, 0.3) is 0 Å². The van der Waals surface area contributed by atoms with E-state index in [0.29, 0.717) is 11.3 Å². The molecule has 3 unspecified atom stereocenters. The first kappa shape index (κ1) is 11.9. The Morgan fingerprint density at radius 1 is 1.44 bits per heavy atom. The van der Waals surface area contributed by atoms with Crippen LogP contribution in [0.2, 0.25) is 0 Å². The maximum absolute atomic E-state index is 10.2. The molecule has 2 rings (SSSR count). The second-order valence-electron chi connectivity index (χ2n) is 5.79. The molecule has 2 saturated carbocycles. The van der Waals surface area contributed by atoms with Crippen LogP contribution >= 0.6 is 0 Å². The van der Waals surface area contributed by atoms with E-state index in [9.17, 15) is 4.79 Å². The molecular weight excluding hydrogens is 198 g/mol. The Balaban J connectivity index is 1.94. The molecule has 0 saturated heterocycles. The van der Waals surface area contributed by atoms with Gasteiger partial charge in [0.1, 0.15) is 0 Å². The zero-order chi connectivity index (χ0) is 11.4. The zero-order valence-electron chi connectivity index (χ0n) is 10.4. The molecule has 2 nitrogen and oxygen atoms in total. The highest BCUT2D eigenvalue weighted by Crippen LogP contribution is 2.60. The second-order valence-corrected chi connectivity index (χ2v) is 5.79. The molecule has 0 aromatic carbocycles. The highest BCUT2D eigenvalue weighted by molar-refractivity contribution is 5.33. The van der Waals surface area contributed by atoms with Crippen LogP contribution in [-0.2, 0) is 4.79 Å². The molecule has 0 aromatic heterocycles. The quantitative estimate of drug-likeness (QED) is 0.382. The second kappa shape index (κ2) is 5.14. The Kier molecular flexibility index (Phi) is 3.81. The maximum atomic E-state index is 10.2. The summed E-state index contributed by atoms with van der Waals surface area (Å²) < 4.78 is 0. The third-order valence-electron chi connectivity index (χ3n) is 4.88. The van der Waals surface area contributed by atoms with Crippen LogP contribution in [0.4, 0.5) is 0 Å².